The zero-order valence-electron chi connectivity index (χ0n) is 13.2. The van der Waals surface area contributed by atoms with E-state index in [0.717, 1.165) is 53.1 Å². The fourth-order valence-electron chi connectivity index (χ4n) is 3.22. The molecule has 4 rings (SSSR count). The van der Waals surface area contributed by atoms with Crippen molar-refractivity contribution in [2.45, 2.75) is 44.7 Å². The van der Waals surface area contributed by atoms with Gasteiger partial charge in [-0.25, -0.2) is 4.98 Å². The first kappa shape index (κ1) is 15.3. The van der Waals surface area contributed by atoms with Crippen LogP contribution in [0.2, 0.25) is 0 Å². The molecule has 0 spiro atoms. The molecule has 0 atom stereocenters. The molecule has 1 saturated heterocycles. The minimum atomic E-state index is 0.0475. The Labute approximate surface area is 144 Å². The van der Waals surface area contributed by atoms with Gasteiger partial charge in [0.2, 0.25) is 0 Å². The van der Waals surface area contributed by atoms with Crippen molar-refractivity contribution in [3.8, 4) is 10.6 Å². The van der Waals surface area contributed by atoms with Crippen molar-refractivity contribution >= 4 is 28.6 Å². The predicted octanol–water partition coefficient (Wildman–Crippen LogP) is 3.54. The first-order valence-electron chi connectivity index (χ1n) is 8.25. The number of piperidine rings is 1. The first-order chi connectivity index (χ1) is 11.2. The van der Waals surface area contributed by atoms with Crippen molar-refractivity contribution in [2.75, 3.05) is 13.1 Å². The minimum Gasteiger partial charge on any atom is -0.348 e. The number of likely N-dealkylation sites (tertiary alicyclic amines) is 1. The predicted molar refractivity (Wildman–Crippen MR) is 95.2 cm³/mol. The highest BCUT2D eigenvalue weighted by Gasteiger charge is 2.32. The SMILES string of the molecule is Cc1nc(-c2ccsc2)sc1C(=O)NC1CCN(C2CC2)CC1. The standard InChI is InChI=1S/C17H21N3OS2/c1-11-15(23-17(18-11)12-6-9-22-10-12)16(21)19-13-4-7-20(8-5-13)14-2-3-14/h6,9-10,13-14H,2-5,7-8H2,1H3,(H,19,21). The second kappa shape index (κ2) is 6.34. The molecule has 0 unspecified atom stereocenters. The van der Waals surface area contributed by atoms with Crippen molar-refractivity contribution in [3.63, 3.8) is 0 Å². The summed E-state index contributed by atoms with van der Waals surface area (Å²) in [4.78, 5) is 20.5. The second-order valence-electron chi connectivity index (χ2n) is 6.46. The van der Waals surface area contributed by atoms with Crippen LogP contribution >= 0.6 is 22.7 Å². The summed E-state index contributed by atoms with van der Waals surface area (Å²) in [5.41, 5.74) is 1.95. The molecule has 1 saturated carbocycles. The summed E-state index contributed by atoms with van der Waals surface area (Å²) in [6, 6.07) is 3.20. The van der Waals surface area contributed by atoms with Gasteiger partial charge < -0.3 is 10.2 Å². The largest absolute Gasteiger partial charge is 0.348 e. The minimum absolute atomic E-state index is 0.0475. The van der Waals surface area contributed by atoms with Gasteiger partial charge in [-0.15, -0.1) is 11.3 Å². The van der Waals surface area contributed by atoms with Crippen LogP contribution in [0.4, 0.5) is 0 Å². The molecule has 122 valence electrons. The maximum Gasteiger partial charge on any atom is 0.263 e. The summed E-state index contributed by atoms with van der Waals surface area (Å²) in [7, 11) is 0. The fourth-order valence-corrected chi connectivity index (χ4v) is 4.90. The number of nitrogens with one attached hydrogen (secondary N) is 1. The summed E-state index contributed by atoms with van der Waals surface area (Å²) >= 11 is 3.16. The van der Waals surface area contributed by atoms with Crippen LogP contribution in [0.15, 0.2) is 16.8 Å². The Morgan fingerprint density at radius 3 is 2.74 bits per heavy atom. The summed E-state index contributed by atoms with van der Waals surface area (Å²) in [6.45, 7) is 4.17. The number of carbonyl (C=O) groups excluding carboxylic acids is 1. The molecule has 23 heavy (non-hydrogen) atoms. The molecule has 2 aromatic rings. The van der Waals surface area contributed by atoms with Gasteiger partial charge in [0.05, 0.1) is 5.69 Å². The number of hydrogen-bond donors (Lipinski definition) is 1. The van der Waals surface area contributed by atoms with E-state index in [1.807, 2.05) is 12.3 Å². The number of aryl methyl sites for hydroxylation is 1. The normalized spacial score (nSPS) is 19.9. The number of amides is 1. The average Bonchev–Trinajstić information content (AvgIpc) is 3.10. The number of carbonyl (C=O) groups is 1. The summed E-state index contributed by atoms with van der Waals surface area (Å²) < 4.78 is 0. The molecule has 3 heterocycles. The van der Waals surface area contributed by atoms with Crippen molar-refractivity contribution in [3.05, 3.63) is 27.4 Å². The smallest absolute Gasteiger partial charge is 0.263 e. The quantitative estimate of drug-likeness (QED) is 0.920. The van der Waals surface area contributed by atoms with Crippen LogP contribution < -0.4 is 5.32 Å². The van der Waals surface area contributed by atoms with Crippen molar-refractivity contribution < 1.29 is 4.79 Å². The van der Waals surface area contributed by atoms with E-state index in [1.165, 1.54) is 24.2 Å². The Kier molecular flexibility index (Phi) is 4.22. The second-order valence-corrected chi connectivity index (χ2v) is 8.24. The van der Waals surface area contributed by atoms with Gasteiger partial charge in [-0.05, 0) is 44.1 Å². The molecule has 2 aliphatic rings. The maximum absolute atomic E-state index is 12.6. The molecule has 1 amide bonds. The lowest BCUT2D eigenvalue weighted by Gasteiger charge is -2.32. The summed E-state index contributed by atoms with van der Waals surface area (Å²) in [5.74, 6) is 0.0475. The zero-order valence-corrected chi connectivity index (χ0v) is 14.9. The molecule has 1 aliphatic heterocycles. The zero-order chi connectivity index (χ0) is 15.8. The van der Waals surface area contributed by atoms with Gasteiger partial charge >= 0.3 is 0 Å². The highest BCUT2D eigenvalue weighted by molar-refractivity contribution is 7.17. The molecule has 0 aromatic carbocycles. The third kappa shape index (κ3) is 3.34. The van der Waals surface area contributed by atoms with Crippen LogP contribution in [0.5, 0.6) is 0 Å². The van der Waals surface area contributed by atoms with Gasteiger partial charge in [-0.3, -0.25) is 4.79 Å². The number of thiazole rings is 1. The van der Waals surface area contributed by atoms with Crippen molar-refractivity contribution in [1.82, 2.24) is 15.2 Å². The van der Waals surface area contributed by atoms with Crippen LogP contribution in [-0.2, 0) is 0 Å². The Balaban J connectivity index is 1.39. The molecule has 2 fully saturated rings. The molecule has 1 aliphatic carbocycles. The van der Waals surface area contributed by atoms with Gasteiger partial charge in [0, 0.05) is 36.1 Å². The van der Waals surface area contributed by atoms with E-state index in [9.17, 15) is 4.79 Å². The van der Waals surface area contributed by atoms with Crippen LogP contribution in [0, 0.1) is 6.92 Å². The molecule has 2 aromatic heterocycles. The van der Waals surface area contributed by atoms with Crippen LogP contribution in [0.1, 0.15) is 41.0 Å². The van der Waals surface area contributed by atoms with Crippen LogP contribution in [0.25, 0.3) is 10.6 Å². The van der Waals surface area contributed by atoms with Gasteiger partial charge in [0.15, 0.2) is 0 Å². The Bertz CT molecular complexity index is 683. The van der Waals surface area contributed by atoms with Gasteiger partial charge in [-0.2, -0.15) is 11.3 Å². The first-order valence-corrected chi connectivity index (χ1v) is 10.0. The number of nitrogens with zero attached hydrogens (tertiary/aromatic N) is 2. The number of hydrogen-bond acceptors (Lipinski definition) is 5. The van der Waals surface area contributed by atoms with E-state index >= 15 is 0 Å². The number of aromatic nitrogens is 1. The summed E-state index contributed by atoms with van der Waals surface area (Å²) in [5, 5.41) is 8.28. The van der Waals surface area contributed by atoms with Gasteiger partial charge in [0.25, 0.3) is 5.91 Å². The Hall–Kier alpha value is -1.24. The van der Waals surface area contributed by atoms with Crippen LogP contribution in [-0.4, -0.2) is 41.0 Å². The Morgan fingerprint density at radius 1 is 1.30 bits per heavy atom. The van der Waals surface area contributed by atoms with Gasteiger partial charge in [0.1, 0.15) is 9.88 Å². The van der Waals surface area contributed by atoms with E-state index in [0.29, 0.717) is 6.04 Å². The van der Waals surface area contributed by atoms with E-state index < -0.39 is 0 Å². The molecular weight excluding hydrogens is 326 g/mol. The Morgan fingerprint density at radius 2 is 2.09 bits per heavy atom. The molecule has 0 radical (unpaired) electrons. The maximum atomic E-state index is 12.6. The molecule has 6 heteroatoms. The molecule has 0 bridgehead atoms. The van der Waals surface area contributed by atoms with E-state index in [1.54, 1.807) is 11.3 Å². The number of thiophene rings is 1. The lowest BCUT2D eigenvalue weighted by atomic mass is 10.0. The van der Waals surface area contributed by atoms with Gasteiger partial charge in [-0.1, -0.05) is 0 Å². The lowest BCUT2D eigenvalue weighted by Crippen LogP contribution is -2.45. The highest BCUT2D eigenvalue weighted by Crippen LogP contribution is 2.31. The molecule has 4 nitrogen and oxygen atoms in total. The molecular formula is C17H21N3OS2. The van der Waals surface area contributed by atoms with E-state index in [4.69, 9.17) is 0 Å². The number of rotatable bonds is 4. The van der Waals surface area contributed by atoms with E-state index in [2.05, 4.69) is 26.6 Å². The monoisotopic (exact) mass is 347 g/mol. The van der Waals surface area contributed by atoms with Crippen LogP contribution in [0.3, 0.4) is 0 Å². The average molecular weight is 348 g/mol. The highest BCUT2D eigenvalue weighted by atomic mass is 32.1. The van der Waals surface area contributed by atoms with E-state index in [-0.39, 0.29) is 5.91 Å². The third-order valence-electron chi connectivity index (χ3n) is 4.70. The van der Waals surface area contributed by atoms with Crippen molar-refractivity contribution in [1.29, 1.82) is 0 Å². The molecule has 1 N–H and O–H groups in total. The third-order valence-corrected chi connectivity index (χ3v) is 6.59. The summed E-state index contributed by atoms with van der Waals surface area (Å²) in [6.07, 6.45) is 4.86. The fraction of sp³-hybridized carbons (Fsp3) is 0.529. The lowest BCUT2D eigenvalue weighted by molar-refractivity contribution is 0.0912. The topological polar surface area (TPSA) is 45.2 Å². The van der Waals surface area contributed by atoms with Crippen molar-refractivity contribution in [2.24, 2.45) is 0 Å².